The quantitative estimate of drug-likeness (QED) is 0.773. The van der Waals surface area contributed by atoms with E-state index in [0.29, 0.717) is 22.9 Å². The van der Waals surface area contributed by atoms with Crippen LogP contribution in [0, 0.1) is 0 Å². The topological polar surface area (TPSA) is 47.6 Å². The Bertz CT molecular complexity index is 791. The van der Waals surface area contributed by atoms with Gasteiger partial charge in [0.25, 0.3) is 5.91 Å². The number of nitrogens with one attached hydrogen (secondary N) is 1. The van der Waals surface area contributed by atoms with Crippen LogP contribution in [0.2, 0.25) is 5.02 Å². The van der Waals surface area contributed by atoms with Gasteiger partial charge in [0.2, 0.25) is 0 Å². The molecule has 1 amide bonds. The fourth-order valence-electron chi connectivity index (χ4n) is 3.24. The Morgan fingerprint density at radius 2 is 1.92 bits per heavy atom. The van der Waals surface area contributed by atoms with Crippen LogP contribution in [0.3, 0.4) is 0 Å². The zero-order valence-electron chi connectivity index (χ0n) is 15.2. The Morgan fingerprint density at radius 3 is 2.62 bits per heavy atom. The number of anilines is 1. The monoisotopic (exact) mass is 373 g/mol. The molecule has 0 bridgehead atoms. The predicted octanol–water partition coefficient (Wildman–Crippen LogP) is 5.02. The van der Waals surface area contributed by atoms with E-state index in [1.807, 2.05) is 13.0 Å². The molecule has 0 spiro atoms. The van der Waals surface area contributed by atoms with E-state index in [4.69, 9.17) is 21.1 Å². The Balaban J connectivity index is 1.68. The molecule has 0 radical (unpaired) electrons. The minimum absolute atomic E-state index is 0.188. The van der Waals surface area contributed by atoms with Crippen molar-refractivity contribution in [1.82, 2.24) is 0 Å². The normalized spacial score (nSPS) is 14.3. The van der Waals surface area contributed by atoms with Gasteiger partial charge in [0.05, 0.1) is 12.1 Å². The van der Waals surface area contributed by atoms with Crippen LogP contribution in [0.1, 0.15) is 37.3 Å². The van der Waals surface area contributed by atoms with E-state index in [9.17, 15) is 4.79 Å². The summed E-state index contributed by atoms with van der Waals surface area (Å²) in [5, 5.41) is 3.32. The van der Waals surface area contributed by atoms with E-state index in [2.05, 4.69) is 17.4 Å². The van der Waals surface area contributed by atoms with Gasteiger partial charge in [-0.1, -0.05) is 24.6 Å². The molecule has 1 aliphatic carbocycles. The number of carbonyl (C=O) groups is 1. The highest BCUT2D eigenvalue weighted by atomic mass is 35.5. The lowest BCUT2D eigenvalue weighted by atomic mass is 9.92. The number of hydrogen-bond donors (Lipinski definition) is 1. The van der Waals surface area contributed by atoms with Gasteiger partial charge < -0.3 is 14.8 Å². The van der Waals surface area contributed by atoms with Crippen LogP contribution in [0.5, 0.6) is 11.5 Å². The molecule has 2 aromatic carbocycles. The summed E-state index contributed by atoms with van der Waals surface area (Å²) < 4.78 is 11.1. The third kappa shape index (κ3) is 4.31. The van der Waals surface area contributed by atoms with Gasteiger partial charge in [-0.2, -0.15) is 0 Å². The van der Waals surface area contributed by atoms with Crippen LogP contribution in [-0.2, 0) is 17.6 Å². The molecule has 3 rings (SSSR count). The summed E-state index contributed by atoms with van der Waals surface area (Å²) in [5.74, 6) is 1.13. The van der Waals surface area contributed by atoms with E-state index < -0.39 is 6.10 Å². The third-order valence-electron chi connectivity index (χ3n) is 4.68. The molecule has 0 aromatic heterocycles. The highest BCUT2D eigenvalue weighted by Gasteiger charge is 2.20. The number of rotatable bonds is 6. The number of fused-ring (bicyclic) bond motifs is 1. The number of ether oxygens (including phenoxy) is 2. The SMILES string of the molecule is CC[C@H](Oc1ccc2c(c1)CCCC2)C(=O)Nc1ccc(OC)c(Cl)c1. The first-order chi connectivity index (χ1) is 12.6. The largest absolute Gasteiger partial charge is 0.495 e. The van der Waals surface area contributed by atoms with Crippen molar-refractivity contribution in [2.75, 3.05) is 12.4 Å². The summed E-state index contributed by atoms with van der Waals surface area (Å²) in [6.07, 6.45) is 4.69. The van der Waals surface area contributed by atoms with Gasteiger partial charge in [0.1, 0.15) is 11.5 Å². The number of hydrogen-bond acceptors (Lipinski definition) is 3. The number of benzene rings is 2. The van der Waals surface area contributed by atoms with E-state index in [0.717, 1.165) is 18.6 Å². The number of amides is 1. The molecule has 5 heteroatoms. The van der Waals surface area contributed by atoms with E-state index in [1.165, 1.54) is 24.0 Å². The first-order valence-electron chi connectivity index (χ1n) is 9.03. The summed E-state index contributed by atoms with van der Waals surface area (Å²) in [6, 6.07) is 11.3. The lowest BCUT2D eigenvalue weighted by Crippen LogP contribution is -2.32. The first-order valence-corrected chi connectivity index (χ1v) is 9.41. The molecule has 26 heavy (non-hydrogen) atoms. The fraction of sp³-hybridized carbons (Fsp3) is 0.381. The second-order valence-corrected chi connectivity index (χ2v) is 6.90. The first kappa shape index (κ1) is 18.6. The van der Waals surface area contributed by atoms with E-state index in [-0.39, 0.29) is 5.91 Å². The molecule has 0 saturated carbocycles. The second kappa shape index (κ2) is 8.45. The maximum atomic E-state index is 12.6. The zero-order chi connectivity index (χ0) is 18.5. The number of methoxy groups -OCH3 is 1. The van der Waals surface area contributed by atoms with Crippen molar-refractivity contribution in [2.45, 2.75) is 45.1 Å². The molecule has 0 saturated heterocycles. The van der Waals surface area contributed by atoms with Crippen molar-refractivity contribution < 1.29 is 14.3 Å². The molecule has 2 aromatic rings. The Hall–Kier alpha value is -2.20. The highest BCUT2D eigenvalue weighted by Crippen LogP contribution is 2.28. The molecule has 1 N–H and O–H groups in total. The van der Waals surface area contributed by atoms with Gasteiger partial charge in [-0.05, 0) is 73.6 Å². The van der Waals surface area contributed by atoms with Crippen LogP contribution in [-0.4, -0.2) is 19.1 Å². The van der Waals surface area contributed by atoms with Crippen molar-refractivity contribution in [3.63, 3.8) is 0 Å². The maximum absolute atomic E-state index is 12.6. The summed E-state index contributed by atoms with van der Waals surface area (Å²) in [4.78, 5) is 12.6. The molecule has 0 heterocycles. The minimum atomic E-state index is -0.558. The summed E-state index contributed by atoms with van der Waals surface area (Å²) in [7, 11) is 1.55. The molecule has 0 fully saturated rings. The van der Waals surface area contributed by atoms with Gasteiger partial charge in [-0.3, -0.25) is 4.79 Å². The second-order valence-electron chi connectivity index (χ2n) is 6.49. The van der Waals surface area contributed by atoms with Crippen molar-refractivity contribution in [3.8, 4) is 11.5 Å². The van der Waals surface area contributed by atoms with Crippen LogP contribution >= 0.6 is 11.6 Å². The number of halogens is 1. The molecule has 0 aliphatic heterocycles. The summed E-state index contributed by atoms with van der Waals surface area (Å²) in [6.45, 7) is 1.93. The Labute approximate surface area is 159 Å². The van der Waals surface area contributed by atoms with Crippen LogP contribution in [0.25, 0.3) is 0 Å². The van der Waals surface area contributed by atoms with Crippen molar-refractivity contribution >= 4 is 23.2 Å². The van der Waals surface area contributed by atoms with Gasteiger partial charge >= 0.3 is 0 Å². The van der Waals surface area contributed by atoms with E-state index in [1.54, 1.807) is 25.3 Å². The van der Waals surface area contributed by atoms with Crippen LogP contribution in [0.4, 0.5) is 5.69 Å². The standard InChI is InChI=1S/C21H24ClNO3/c1-3-19(21(24)23-16-9-11-20(25-2)18(22)13-16)26-17-10-8-14-6-4-5-7-15(14)12-17/h8-13,19H,3-7H2,1-2H3,(H,23,24)/t19-/m0/s1. The van der Waals surface area contributed by atoms with Crippen LogP contribution in [0.15, 0.2) is 36.4 Å². The smallest absolute Gasteiger partial charge is 0.265 e. The molecular weight excluding hydrogens is 350 g/mol. The van der Waals surface area contributed by atoms with Crippen molar-refractivity contribution in [1.29, 1.82) is 0 Å². The average molecular weight is 374 g/mol. The highest BCUT2D eigenvalue weighted by molar-refractivity contribution is 6.32. The van der Waals surface area contributed by atoms with Gasteiger partial charge in [0.15, 0.2) is 6.10 Å². The molecule has 138 valence electrons. The van der Waals surface area contributed by atoms with Crippen molar-refractivity contribution in [3.05, 3.63) is 52.5 Å². The predicted molar refractivity (Wildman–Crippen MR) is 104 cm³/mol. The number of carbonyl (C=O) groups excluding carboxylic acids is 1. The summed E-state index contributed by atoms with van der Waals surface area (Å²) >= 11 is 6.12. The van der Waals surface area contributed by atoms with E-state index >= 15 is 0 Å². The number of aryl methyl sites for hydroxylation is 2. The molecule has 4 nitrogen and oxygen atoms in total. The summed E-state index contributed by atoms with van der Waals surface area (Å²) in [5.41, 5.74) is 3.35. The maximum Gasteiger partial charge on any atom is 0.265 e. The lowest BCUT2D eigenvalue weighted by Gasteiger charge is -2.20. The van der Waals surface area contributed by atoms with Gasteiger partial charge in [-0.15, -0.1) is 0 Å². The third-order valence-corrected chi connectivity index (χ3v) is 4.98. The molecule has 1 aliphatic rings. The van der Waals surface area contributed by atoms with Crippen molar-refractivity contribution in [2.24, 2.45) is 0 Å². The fourth-order valence-corrected chi connectivity index (χ4v) is 3.49. The average Bonchev–Trinajstić information content (AvgIpc) is 2.66. The Morgan fingerprint density at radius 1 is 1.15 bits per heavy atom. The van der Waals surface area contributed by atoms with Gasteiger partial charge in [0, 0.05) is 5.69 Å². The Kier molecular flexibility index (Phi) is 6.04. The van der Waals surface area contributed by atoms with Gasteiger partial charge in [-0.25, -0.2) is 0 Å². The molecule has 1 atom stereocenters. The molecule has 0 unspecified atom stereocenters. The lowest BCUT2D eigenvalue weighted by molar-refractivity contribution is -0.122. The zero-order valence-corrected chi connectivity index (χ0v) is 15.9. The minimum Gasteiger partial charge on any atom is -0.495 e. The molecular formula is C21H24ClNO3. The van der Waals surface area contributed by atoms with Crippen LogP contribution < -0.4 is 14.8 Å².